The Kier molecular flexibility index (Phi) is 4.57. The van der Waals surface area contributed by atoms with Gasteiger partial charge in [0.2, 0.25) is 12.7 Å². The van der Waals surface area contributed by atoms with Crippen molar-refractivity contribution in [3.63, 3.8) is 0 Å². The summed E-state index contributed by atoms with van der Waals surface area (Å²) >= 11 is 1.83. The molecular weight excluding hydrogens is 460 g/mol. The molecule has 2 fully saturated rings. The maximum atomic E-state index is 14.6. The molecule has 0 unspecified atom stereocenters. The summed E-state index contributed by atoms with van der Waals surface area (Å²) in [4.78, 5) is 30.9. The zero-order valence-corrected chi connectivity index (χ0v) is 20.0. The molecule has 4 aliphatic heterocycles. The molecule has 1 amide bonds. The number of rotatable bonds is 3. The molecule has 0 bridgehead atoms. The van der Waals surface area contributed by atoms with Gasteiger partial charge >= 0.3 is 0 Å². The van der Waals surface area contributed by atoms with Crippen LogP contribution in [0.2, 0.25) is 0 Å². The quantitative estimate of drug-likeness (QED) is 0.551. The van der Waals surface area contributed by atoms with Gasteiger partial charge in [0, 0.05) is 40.4 Å². The number of hydrogen-bond acceptors (Lipinski definition) is 6. The topological polar surface area (TPSA) is 67.9 Å². The predicted molar refractivity (Wildman–Crippen MR) is 134 cm³/mol. The second-order valence-corrected chi connectivity index (χ2v) is 10.7. The highest BCUT2D eigenvalue weighted by molar-refractivity contribution is 7.99. The van der Waals surface area contributed by atoms with Crippen molar-refractivity contribution < 1.29 is 19.1 Å². The largest absolute Gasteiger partial charge is 0.454 e. The number of ketones is 1. The summed E-state index contributed by atoms with van der Waals surface area (Å²) in [5, 5.41) is 3.13. The summed E-state index contributed by atoms with van der Waals surface area (Å²) in [5.41, 5.74) is 3.35. The maximum Gasteiger partial charge on any atom is 0.250 e. The highest BCUT2D eigenvalue weighted by Crippen LogP contribution is 2.61. The number of hydrogen-bond donors (Lipinski definition) is 1. The number of carbonyl (C=O) groups is 2. The standard InChI is InChI=1S/C28H24N2O4S/c1-16-7-9-20-19(11-16)28(27(32)29-20)25(26(31)18-8-10-22-23(12-18)34-15-33-22)24(17-5-3-2-4-6-17)21-13-35-14-30(21)28/h2-12,21,24-25H,13-15H2,1H3,(H,29,32)/t21-,24+,25-,28-/m1/s1. The number of aryl methyl sites for hydroxylation is 1. The van der Waals surface area contributed by atoms with Gasteiger partial charge in [0.1, 0.15) is 5.54 Å². The second-order valence-electron chi connectivity index (χ2n) is 9.65. The number of thioether (sulfide) groups is 1. The minimum Gasteiger partial charge on any atom is -0.454 e. The van der Waals surface area contributed by atoms with Crippen LogP contribution in [0.3, 0.4) is 0 Å². The molecule has 0 radical (unpaired) electrons. The Bertz CT molecular complexity index is 1380. The van der Waals surface area contributed by atoms with Crippen LogP contribution in [0.1, 0.15) is 33.0 Å². The minimum atomic E-state index is -1.07. The first-order valence-corrected chi connectivity index (χ1v) is 13.0. The lowest BCUT2D eigenvalue weighted by molar-refractivity contribution is -0.127. The maximum absolute atomic E-state index is 14.6. The van der Waals surface area contributed by atoms with Crippen LogP contribution >= 0.6 is 11.8 Å². The molecule has 6 nitrogen and oxygen atoms in total. The van der Waals surface area contributed by atoms with E-state index in [2.05, 4.69) is 28.4 Å². The summed E-state index contributed by atoms with van der Waals surface area (Å²) in [6.45, 7) is 2.18. The van der Waals surface area contributed by atoms with Crippen molar-refractivity contribution >= 4 is 29.1 Å². The van der Waals surface area contributed by atoms with Crippen molar-refractivity contribution in [2.45, 2.75) is 24.4 Å². The van der Waals surface area contributed by atoms with Crippen molar-refractivity contribution in [3.05, 3.63) is 89.0 Å². The van der Waals surface area contributed by atoms with Crippen LogP contribution in [0.25, 0.3) is 0 Å². The summed E-state index contributed by atoms with van der Waals surface area (Å²) < 4.78 is 11.1. The molecular formula is C28H24N2O4S. The van der Waals surface area contributed by atoms with Crippen molar-refractivity contribution in [1.82, 2.24) is 4.90 Å². The van der Waals surface area contributed by atoms with Gasteiger partial charge in [-0.3, -0.25) is 14.5 Å². The van der Waals surface area contributed by atoms with E-state index >= 15 is 0 Å². The van der Waals surface area contributed by atoms with Gasteiger partial charge in [-0.1, -0.05) is 48.0 Å². The lowest BCUT2D eigenvalue weighted by atomic mass is 9.69. The Morgan fingerprint density at radius 3 is 2.74 bits per heavy atom. The van der Waals surface area contributed by atoms with E-state index in [9.17, 15) is 9.59 Å². The highest BCUT2D eigenvalue weighted by atomic mass is 32.2. The zero-order valence-electron chi connectivity index (χ0n) is 19.2. The Morgan fingerprint density at radius 1 is 1.06 bits per heavy atom. The number of Topliss-reactive ketones (excluding diaryl/α,β-unsaturated/α-hetero) is 1. The first-order valence-electron chi connectivity index (χ1n) is 11.8. The van der Waals surface area contributed by atoms with E-state index in [4.69, 9.17) is 9.47 Å². The SMILES string of the molecule is Cc1ccc2c(c1)[C@]1(C(=O)N2)[C@@H](C(=O)c2ccc3c(c2)OCO3)[C@@H](c2ccccc2)[C@H]2CSCN21. The van der Waals surface area contributed by atoms with Crippen molar-refractivity contribution in [2.24, 2.45) is 5.92 Å². The molecule has 4 atom stereocenters. The molecule has 3 aromatic carbocycles. The minimum absolute atomic E-state index is 0.0407. The number of benzene rings is 3. The molecule has 4 heterocycles. The molecule has 4 aliphatic rings. The van der Waals surface area contributed by atoms with Crippen LogP contribution in [0.15, 0.2) is 66.7 Å². The van der Waals surface area contributed by atoms with Gasteiger partial charge < -0.3 is 14.8 Å². The molecule has 1 N–H and O–H groups in total. The fraction of sp³-hybridized carbons (Fsp3) is 0.286. The van der Waals surface area contributed by atoms with Crippen LogP contribution < -0.4 is 14.8 Å². The second kappa shape index (κ2) is 7.60. The Labute approximate surface area is 207 Å². The van der Waals surface area contributed by atoms with Gasteiger partial charge in [-0.05, 0) is 36.8 Å². The summed E-state index contributed by atoms with van der Waals surface area (Å²) in [6, 6.07) is 21.7. The molecule has 35 heavy (non-hydrogen) atoms. The lowest BCUT2D eigenvalue weighted by Gasteiger charge is -2.36. The molecule has 3 aromatic rings. The average Bonchev–Trinajstić information content (AvgIpc) is 3.63. The molecule has 176 valence electrons. The third kappa shape index (κ3) is 2.82. The fourth-order valence-corrected chi connectivity index (χ4v) is 7.79. The van der Waals surface area contributed by atoms with Crippen molar-refractivity contribution in [3.8, 4) is 11.5 Å². The van der Waals surface area contributed by atoms with Gasteiger partial charge in [-0.2, -0.15) is 0 Å². The van der Waals surface area contributed by atoms with Crippen LogP contribution in [-0.4, -0.2) is 41.1 Å². The molecule has 2 saturated heterocycles. The summed E-state index contributed by atoms with van der Waals surface area (Å²) in [6.07, 6.45) is 0. The zero-order chi connectivity index (χ0) is 23.7. The van der Waals surface area contributed by atoms with E-state index < -0.39 is 11.5 Å². The lowest BCUT2D eigenvalue weighted by Crippen LogP contribution is -2.52. The van der Waals surface area contributed by atoms with E-state index in [-0.39, 0.29) is 30.4 Å². The normalized spacial score (nSPS) is 28.3. The van der Waals surface area contributed by atoms with Crippen LogP contribution in [0, 0.1) is 12.8 Å². The fourth-order valence-electron chi connectivity index (χ4n) is 6.47. The highest BCUT2D eigenvalue weighted by Gasteiger charge is 2.69. The molecule has 7 rings (SSSR count). The third-order valence-electron chi connectivity index (χ3n) is 7.90. The third-order valence-corrected chi connectivity index (χ3v) is 8.94. The summed E-state index contributed by atoms with van der Waals surface area (Å²) in [7, 11) is 0. The Hall–Kier alpha value is -3.29. The molecule has 0 aliphatic carbocycles. The molecule has 7 heteroatoms. The van der Waals surface area contributed by atoms with Crippen molar-refractivity contribution in [2.75, 3.05) is 23.7 Å². The Balaban J connectivity index is 1.47. The van der Waals surface area contributed by atoms with Gasteiger partial charge in [-0.15, -0.1) is 11.8 Å². The van der Waals surface area contributed by atoms with Crippen LogP contribution in [0.5, 0.6) is 11.5 Å². The number of nitrogens with zero attached hydrogens (tertiary/aromatic N) is 1. The van der Waals surface area contributed by atoms with E-state index in [0.717, 1.165) is 28.1 Å². The molecule has 0 saturated carbocycles. The van der Waals surface area contributed by atoms with Crippen molar-refractivity contribution in [1.29, 1.82) is 0 Å². The van der Waals surface area contributed by atoms with Gasteiger partial charge in [0.15, 0.2) is 17.3 Å². The smallest absolute Gasteiger partial charge is 0.250 e. The Morgan fingerprint density at radius 2 is 1.89 bits per heavy atom. The van der Waals surface area contributed by atoms with E-state index in [1.807, 2.05) is 49.0 Å². The molecule has 1 spiro atoms. The first kappa shape index (κ1) is 21.0. The first-order chi connectivity index (χ1) is 17.1. The molecule has 0 aromatic heterocycles. The van der Waals surface area contributed by atoms with Crippen LogP contribution in [0.4, 0.5) is 5.69 Å². The number of ether oxygens (including phenoxy) is 2. The van der Waals surface area contributed by atoms with Gasteiger partial charge in [-0.25, -0.2) is 0 Å². The summed E-state index contributed by atoms with van der Waals surface area (Å²) in [5.74, 6) is 1.94. The number of carbonyl (C=O) groups excluding carboxylic acids is 2. The van der Waals surface area contributed by atoms with E-state index in [0.29, 0.717) is 22.9 Å². The number of nitrogens with one attached hydrogen (secondary N) is 1. The van der Waals surface area contributed by atoms with Gasteiger partial charge in [0.25, 0.3) is 0 Å². The number of amides is 1. The van der Waals surface area contributed by atoms with Crippen LogP contribution in [-0.2, 0) is 10.3 Å². The van der Waals surface area contributed by atoms with E-state index in [1.165, 1.54) is 0 Å². The van der Waals surface area contributed by atoms with Gasteiger partial charge in [0.05, 0.1) is 5.92 Å². The monoisotopic (exact) mass is 484 g/mol. The number of fused-ring (bicyclic) bond motifs is 5. The predicted octanol–water partition coefficient (Wildman–Crippen LogP) is 4.54. The average molecular weight is 485 g/mol. The van der Waals surface area contributed by atoms with E-state index in [1.54, 1.807) is 18.2 Å². The number of anilines is 1.